The molecule has 0 saturated carbocycles. The first kappa shape index (κ1) is 13.7. The average molecular weight is 217 g/mol. The molecule has 0 aromatic carbocycles. The highest BCUT2D eigenvalue weighted by Gasteiger charge is 2.01. The van der Waals surface area contributed by atoms with Crippen molar-refractivity contribution in [2.75, 3.05) is 19.7 Å². The second kappa shape index (κ2) is 8.05. The lowest BCUT2D eigenvalue weighted by molar-refractivity contribution is -0.121. The van der Waals surface area contributed by atoms with Gasteiger partial charge < -0.3 is 21.1 Å². The van der Waals surface area contributed by atoms with Gasteiger partial charge in [0.15, 0.2) is 0 Å². The van der Waals surface area contributed by atoms with Gasteiger partial charge in [-0.1, -0.05) is 13.8 Å². The maximum absolute atomic E-state index is 11.1. The number of carbonyl (C=O) groups excluding carboxylic acids is 2. The van der Waals surface area contributed by atoms with Crippen LogP contribution in [0.4, 0.5) is 4.79 Å². The van der Waals surface area contributed by atoms with Gasteiger partial charge in [-0.2, -0.15) is 0 Å². The lowest BCUT2D eigenvalue weighted by Gasteiger charge is -2.08. The number of amides is 2. The molecule has 0 aliphatic rings. The summed E-state index contributed by atoms with van der Waals surface area (Å²) in [6, 6.07) is 0.371. The fourth-order valence-electron chi connectivity index (χ4n) is 0.905. The molecule has 0 spiro atoms. The third kappa shape index (κ3) is 10.6. The van der Waals surface area contributed by atoms with Crippen molar-refractivity contribution in [3.8, 4) is 0 Å². The second-order valence-electron chi connectivity index (χ2n) is 3.38. The second-order valence-corrected chi connectivity index (χ2v) is 3.38. The van der Waals surface area contributed by atoms with Crippen LogP contribution in [-0.4, -0.2) is 37.7 Å². The predicted molar refractivity (Wildman–Crippen MR) is 56.3 cm³/mol. The monoisotopic (exact) mass is 217 g/mol. The van der Waals surface area contributed by atoms with Crippen LogP contribution in [0.5, 0.6) is 0 Å². The van der Waals surface area contributed by atoms with Crippen molar-refractivity contribution >= 4 is 12.0 Å². The van der Waals surface area contributed by atoms with E-state index in [1.54, 1.807) is 0 Å². The Morgan fingerprint density at radius 3 is 2.53 bits per heavy atom. The molecule has 0 saturated heterocycles. The van der Waals surface area contributed by atoms with Gasteiger partial charge in [-0.15, -0.1) is 0 Å². The Hall–Kier alpha value is -1.30. The third-order valence-electron chi connectivity index (χ3n) is 1.57. The van der Waals surface area contributed by atoms with Crippen LogP contribution in [0.25, 0.3) is 0 Å². The van der Waals surface area contributed by atoms with Crippen LogP contribution in [0.1, 0.15) is 20.3 Å². The molecular weight excluding hydrogens is 198 g/mol. The van der Waals surface area contributed by atoms with Gasteiger partial charge in [-0.25, -0.2) is 4.79 Å². The summed E-state index contributed by atoms with van der Waals surface area (Å²) in [5.41, 5.74) is 4.74. The van der Waals surface area contributed by atoms with Crippen LogP contribution in [-0.2, 0) is 9.53 Å². The van der Waals surface area contributed by atoms with Crippen molar-refractivity contribution in [3.05, 3.63) is 0 Å². The number of primary amides is 1. The van der Waals surface area contributed by atoms with Crippen molar-refractivity contribution < 1.29 is 14.3 Å². The van der Waals surface area contributed by atoms with Crippen molar-refractivity contribution in [1.29, 1.82) is 0 Å². The molecule has 0 aliphatic carbocycles. The molecule has 15 heavy (non-hydrogen) atoms. The molecule has 0 radical (unpaired) electrons. The maximum atomic E-state index is 11.1. The molecule has 0 aromatic rings. The Morgan fingerprint density at radius 2 is 2.00 bits per heavy atom. The van der Waals surface area contributed by atoms with E-state index in [0.717, 1.165) is 0 Å². The zero-order valence-corrected chi connectivity index (χ0v) is 9.21. The summed E-state index contributed by atoms with van der Waals surface area (Å²) in [4.78, 5) is 21.3. The minimum atomic E-state index is -0.828. The lowest BCUT2D eigenvalue weighted by atomic mass is 10.3. The molecule has 0 heterocycles. The number of carbonyl (C=O) groups is 2. The molecule has 0 unspecified atom stereocenters. The molecule has 0 fully saturated rings. The Morgan fingerprint density at radius 1 is 1.33 bits per heavy atom. The lowest BCUT2D eigenvalue weighted by Crippen LogP contribution is -2.32. The summed E-state index contributed by atoms with van der Waals surface area (Å²) < 4.78 is 4.44. The van der Waals surface area contributed by atoms with Crippen molar-refractivity contribution in [1.82, 2.24) is 10.6 Å². The largest absolute Gasteiger partial charge is 0.448 e. The van der Waals surface area contributed by atoms with Gasteiger partial charge in [0.25, 0.3) is 0 Å². The maximum Gasteiger partial charge on any atom is 0.404 e. The van der Waals surface area contributed by atoms with Gasteiger partial charge in [0.05, 0.1) is 6.54 Å². The number of nitrogens with two attached hydrogens (primary N) is 1. The summed E-state index contributed by atoms with van der Waals surface area (Å²) in [7, 11) is 0. The molecule has 4 N–H and O–H groups in total. The van der Waals surface area contributed by atoms with E-state index in [1.807, 2.05) is 13.8 Å². The Balaban J connectivity index is 3.30. The molecule has 0 aliphatic heterocycles. The van der Waals surface area contributed by atoms with E-state index in [0.29, 0.717) is 25.6 Å². The molecule has 6 heteroatoms. The fraction of sp³-hybridized carbons (Fsp3) is 0.778. The Labute approximate surface area is 89.5 Å². The summed E-state index contributed by atoms with van der Waals surface area (Å²) >= 11 is 0. The molecule has 0 atom stereocenters. The van der Waals surface area contributed by atoms with E-state index in [-0.39, 0.29) is 12.5 Å². The minimum Gasteiger partial charge on any atom is -0.448 e. The van der Waals surface area contributed by atoms with E-state index in [2.05, 4.69) is 15.4 Å². The molecule has 0 aromatic heterocycles. The normalized spacial score (nSPS) is 10.1. The van der Waals surface area contributed by atoms with Gasteiger partial charge in [0, 0.05) is 19.0 Å². The number of nitrogens with one attached hydrogen (secondary N) is 2. The number of rotatable bonds is 7. The first-order valence-electron chi connectivity index (χ1n) is 4.94. The molecule has 0 rings (SSSR count). The zero-order valence-electron chi connectivity index (χ0n) is 9.21. The van der Waals surface area contributed by atoms with Crippen molar-refractivity contribution in [2.24, 2.45) is 5.73 Å². The van der Waals surface area contributed by atoms with E-state index in [9.17, 15) is 9.59 Å². The SMILES string of the molecule is CC(C)NCCC(=O)NCCOC(N)=O. The molecule has 0 bridgehead atoms. The smallest absolute Gasteiger partial charge is 0.404 e. The average Bonchev–Trinajstić information content (AvgIpc) is 2.11. The van der Waals surface area contributed by atoms with Crippen LogP contribution < -0.4 is 16.4 Å². The van der Waals surface area contributed by atoms with Gasteiger partial charge in [0.2, 0.25) is 5.91 Å². The topological polar surface area (TPSA) is 93.4 Å². The Kier molecular flexibility index (Phi) is 7.35. The summed E-state index contributed by atoms with van der Waals surface area (Å²) in [6.45, 7) is 5.07. The zero-order chi connectivity index (χ0) is 11.7. The van der Waals surface area contributed by atoms with Gasteiger partial charge >= 0.3 is 6.09 Å². The van der Waals surface area contributed by atoms with Crippen LogP contribution in [0.3, 0.4) is 0 Å². The van der Waals surface area contributed by atoms with Crippen LogP contribution in [0, 0.1) is 0 Å². The number of hydrogen-bond donors (Lipinski definition) is 3. The highest BCUT2D eigenvalue weighted by atomic mass is 16.5. The molecule has 6 nitrogen and oxygen atoms in total. The fourth-order valence-corrected chi connectivity index (χ4v) is 0.905. The van der Waals surface area contributed by atoms with E-state index >= 15 is 0 Å². The third-order valence-corrected chi connectivity index (χ3v) is 1.57. The predicted octanol–water partition coefficient (Wildman–Crippen LogP) is -0.414. The van der Waals surface area contributed by atoms with E-state index < -0.39 is 6.09 Å². The minimum absolute atomic E-state index is 0.0729. The standard InChI is InChI=1S/C9H19N3O3/c1-7(2)11-4-3-8(13)12-5-6-15-9(10)14/h7,11H,3-6H2,1-2H3,(H2,10,14)(H,12,13). The van der Waals surface area contributed by atoms with Crippen molar-refractivity contribution in [2.45, 2.75) is 26.3 Å². The number of ether oxygens (including phenoxy) is 1. The van der Waals surface area contributed by atoms with E-state index in [1.165, 1.54) is 0 Å². The summed E-state index contributed by atoms with van der Waals surface area (Å²) in [6.07, 6.45) is -0.417. The highest BCUT2D eigenvalue weighted by Crippen LogP contribution is 1.81. The highest BCUT2D eigenvalue weighted by molar-refractivity contribution is 5.76. The number of hydrogen-bond acceptors (Lipinski definition) is 4. The van der Waals surface area contributed by atoms with Crippen LogP contribution >= 0.6 is 0 Å². The van der Waals surface area contributed by atoms with E-state index in [4.69, 9.17) is 5.73 Å². The quantitative estimate of drug-likeness (QED) is 0.505. The van der Waals surface area contributed by atoms with Crippen molar-refractivity contribution in [3.63, 3.8) is 0 Å². The van der Waals surface area contributed by atoms with Crippen LogP contribution in [0.2, 0.25) is 0 Å². The van der Waals surface area contributed by atoms with Gasteiger partial charge in [-0.05, 0) is 0 Å². The van der Waals surface area contributed by atoms with Gasteiger partial charge in [0.1, 0.15) is 6.61 Å². The first-order valence-corrected chi connectivity index (χ1v) is 4.94. The summed E-state index contributed by atoms with van der Waals surface area (Å²) in [5.74, 6) is -0.0729. The molecule has 2 amide bonds. The van der Waals surface area contributed by atoms with Gasteiger partial charge in [-0.3, -0.25) is 4.79 Å². The van der Waals surface area contributed by atoms with Crippen LogP contribution in [0.15, 0.2) is 0 Å². The molecular formula is C9H19N3O3. The Bertz CT molecular complexity index is 207. The molecule has 88 valence electrons. The first-order chi connectivity index (χ1) is 7.02. The summed E-state index contributed by atoms with van der Waals surface area (Å²) in [5, 5.41) is 5.72.